The van der Waals surface area contributed by atoms with E-state index in [-0.39, 0.29) is 11.7 Å². The third-order valence-electron chi connectivity index (χ3n) is 4.19. The Morgan fingerprint density at radius 2 is 2.00 bits per heavy atom. The summed E-state index contributed by atoms with van der Waals surface area (Å²) in [4.78, 5) is 15.3. The summed E-state index contributed by atoms with van der Waals surface area (Å²) in [7, 11) is 0. The summed E-state index contributed by atoms with van der Waals surface area (Å²) in [5.74, 6) is -0.471. The van der Waals surface area contributed by atoms with E-state index in [0.29, 0.717) is 18.8 Å². The molecule has 0 aliphatic heterocycles. The number of H-pyrrole nitrogens is 1. The minimum Gasteiger partial charge on any atom is -0.357 e. The van der Waals surface area contributed by atoms with Crippen LogP contribution in [-0.4, -0.2) is 27.2 Å². The second-order valence-electron chi connectivity index (χ2n) is 6.04. The van der Waals surface area contributed by atoms with E-state index in [1.165, 1.54) is 12.1 Å². The van der Waals surface area contributed by atoms with Gasteiger partial charge in [0.2, 0.25) is 0 Å². The Bertz CT molecular complexity index is 1030. The summed E-state index contributed by atoms with van der Waals surface area (Å²) < 4.78 is 14.8. The van der Waals surface area contributed by atoms with Gasteiger partial charge < -0.3 is 10.3 Å². The molecule has 0 saturated carbocycles. The van der Waals surface area contributed by atoms with Crippen molar-refractivity contribution in [1.82, 2.24) is 20.1 Å². The molecule has 0 aliphatic carbocycles. The van der Waals surface area contributed by atoms with Crippen molar-refractivity contribution in [2.24, 2.45) is 0 Å². The quantitative estimate of drug-likeness (QED) is 0.527. The minimum atomic E-state index is -0.284. The molecule has 0 bridgehead atoms. The number of nitrogens with zero attached hydrogens (tertiary/aromatic N) is 2. The first-order chi connectivity index (χ1) is 13.2. The molecule has 4 aromatic rings. The van der Waals surface area contributed by atoms with Gasteiger partial charge in [-0.25, -0.2) is 4.39 Å². The maximum absolute atomic E-state index is 13.0. The first kappa shape index (κ1) is 17.2. The highest BCUT2D eigenvalue weighted by molar-refractivity contribution is 7.08. The van der Waals surface area contributed by atoms with E-state index in [1.807, 2.05) is 28.4 Å². The summed E-state index contributed by atoms with van der Waals surface area (Å²) in [6, 6.07) is 11.9. The summed E-state index contributed by atoms with van der Waals surface area (Å²) >= 11 is 1.64. The van der Waals surface area contributed by atoms with E-state index >= 15 is 0 Å². The standard InChI is InChI=1S/C20H17FN4OS/c21-17-3-1-14(2-4-17)16-11-19(23-12-16)20(26)22-7-9-25-8-5-18(24-25)15-6-10-27-13-15/h1-6,8,10-13,23H,7,9H2,(H,22,26). The lowest BCUT2D eigenvalue weighted by molar-refractivity contribution is 0.0947. The number of benzene rings is 1. The molecule has 1 aromatic carbocycles. The number of hydrogen-bond donors (Lipinski definition) is 2. The topological polar surface area (TPSA) is 62.7 Å². The van der Waals surface area contributed by atoms with Gasteiger partial charge in [0.05, 0.1) is 12.2 Å². The average molecular weight is 380 g/mol. The van der Waals surface area contributed by atoms with Crippen molar-refractivity contribution in [1.29, 1.82) is 0 Å². The summed E-state index contributed by atoms with van der Waals surface area (Å²) in [6.07, 6.45) is 3.64. The van der Waals surface area contributed by atoms with E-state index in [4.69, 9.17) is 0 Å². The normalized spacial score (nSPS) is 10.9. The van der Waals surface area contributed by atoms with Gasteiger partial charge in [-0.2, -0.15) is 16.4 Å². The van der Waals surface area contributed by atoms with Gasteiger partial charge in [0.1, 0.15) is 11.5 Å². The van der Waals surface area contributed by atoms with Gasteiger partial charge >= 0.3 is 0 Å². The first-order valence-corrected chi connectivity index (χ1v) is 9.42. The third-order valence-corrected chi connectivity index (χ3v) is 4.87. The molecule has 0 aliphatic rings. The molecule has 1 amide bonds. The number of thiophene rings is 1. The van der Waals surface area contributed by atoms with Gasteiger partial charge in [0.25, 0.3) is 5.91 Å². The van der Waals surface area contributed by atoms with E-state index in [9.17, 15) is 9.18 Å². The van der Waals surface area contributed by atoms with Crippen LogP contribution in [0.4, 0.5) is 4.39 Å². The zero-order chi connectivity index (χ0) is 18.6. The fourth-order valence-electron chi connectivity index (χ4n) is 2.76. The summed E-state index contributed by atoms with van der Waals surface area (Å²) in [5, 5.41) is 11.5. The van der Waals surface area contributed by atoms with Crippen LogP contribution in [0.5, 0.6) is 0 Å². The molecule has 27 heavy (non-hydrogen) atoms. The van der Waals surface area contributed by atoms with Crippen LogP contribution >= 0.6 is 11.3 Å². The van der Waals surface area contributed by atoms with Crippen molar-refractivity contribution in [3.05, 3.63) is 77.1 Å². The maximum atomic E-state index is 13.0. The van der Waals surface area contributed by atoms with Crippen LogP contribution < -0.4 is 5.32 Å². The van der Waals surface area contributed by atoms with E-state index in [2.05, 4.69) is 20.8 Å². The molecule has 0 radical (unpaired) electrons. The number of carbonyl (C=O) groups is 1. The summed E-state index contributed by atoms with van der Waals surface area (Å²) in [6.45, 7) is 1.05. The molecule has 5 nitrogen and oxygen atoms in total. The van der Waals surface area contributed by atoms with Crippen molar-refractivity contribution < 1.29 is 9.18 Å². The largest absolute Gasteiger partial charge is 0.357 e. The molecular formula is C20H17FN4OS. The predicted octanol–water partition coefficient (Wildman–Crippen LogP) is 4.18. The van der Waals surface area contributed by atoms with Crippen molar-refractivity contribution in [2.45, 2.75) is 6.54 Å². The Balaban J connectivity index is 1.33. The average Bonchev–Trinajstić information content (AvgIpc) is 3.43. The van der Waals surface area contributed by atoms with Gasteiger partial charge in [-0.3, -0.25) is 9.48 Å². The highest BCUT2D eigenvalue weighted by atomic mass is 32.1. The van der Waals surface area contributed by atoms with E-state index in [1.54, 1.807) is 35.7 Å². The predicted molar refractivity (Wildman–Crippen MR) is 104 cm³/mol. The Hall–Kier alpha value is -3.19. The van der Waals surface area contributed by atoms with Crippen LogP contribution in [0.3, 0.4) is 0 Å². The lowest BCUT2D eigenvalue weighted by atomic mass is 10.1. The molecule has 7 heteroatoms. The molecule has 0 fully saturated rings. The van der Waals surface area contributed by atoms with E-state index < -0.39 is 0 Å². The van der Waals surface area contributed by atoms with Gasteiger partial charge in [-0.15, -0.1) is 0 Å². The SMILES string of the molecule is O=C(NCCn1ccc(-c2ccsc2)n1)c1cc(-c2ccc(F)cc2)c[nH]1. The number of carbonyl (C=O) groups excluding carboxylic acids is 1. The number of halogens is 1. The highest BCUT2D eigenvalue weighted by Gasteiger charge is 2.10. The zero-order valence-electron chi connectivity index (χ0n) is 14.4. The Kier molecular flexibility index (Phi) is 4.84. The van der Waals surface area contributed by atoms with Gasteiger partial charge in [0.15, 0.2) is 0 Å². The van der Waals surface area contributed by atoms with Gasteiger partial charge in [-0.05, 0) is 46.8 Å². The maximum Gasteiger partial charge on any atom is 0.267 e. The number of hydrogen-bond acceptors (Lipinski definition) is 3. The van der Waals surface area contributed by atoms with Crippen LogP contribution in [0.25, 0.3) is 22.4 Å². The van der Waals surface area contributed by atoms with Crippen molar-refractivity contribution >= 4 is 17.2 Å². The minimum absolute atomic E-state index is 0.187. The lowest BCUT2D eigenvalue weighted by Crippen LogP contribution is -2.27. The number of rotatable bonds is 6. The molecule has 3 aromatic heterocycles. The van der Waals surface area contributed by atoms with Crippen LogP contribution in [0.1, 0.15) is 10.5 Å². The zero-order valence-corrected chi connectivity index (χ0v) is 15.2. The highest BCUT2D eigenvalue weighted by Crippen LogP contribution is 2.21. The number of aromatic amines is 1. The van der Waals surface area contributed by atoms with Crippen molar-refractivity contribution in [3.8, 4) is 22.4 Å². The van der Waals surface area contributed by atoms with Gasteiger partial charge in [0, 0.05) is 29.9 Å². The molecule has 0 atom stereocenters. The smallest absolute Gasteiger partial charge is 0.267 e. The lowest BCUT2D eigenvalue weighted by Gasteiger charge is -2.04. The van der Waals surface area contributed by atoms with Crippen LogP contribution in [0, 0.1) is 5.82 Å². The monoisotopic (exact) mass is 380 g/mol. The first-order valence-electron chi connectivity index (χ1n) is 8.47. The van der Waals surface area contributed by atoms with Crippen LogP contribution in [-0.2, 0) is 6.54 Å². The molecule has 3 heterocycles. The second kappa shape index (κ2) is 7.59. The Morgan fingerprint density at radius 3 is 2.78 bits per heavy atom. The fourth-order valence-corrected chi connectivity index (χ4v) is 3.41. The molecular weight excluding hydrogens is 363 g/mol. The molecule has 0 saturated heterocycles. The molecule has 4 rings (SSSR count). The summed E-state index contributed by atoms with van der Waals surface area (Å²) in [5.41, 5.74) is 4.18. The van der Waals surface area contributed by atoms with Crippen LogP contribution in [0.2, 0.25) is 0 Å². The Labute approximate surface area is 159 Å². The Morgan fingerprint density at radius 1 is 1.15 bits per heavy atom. The van der Waals surface area contributed by atoms with Crippen molar-refractivity contribution in [2.75, 3.05) is 6.54 Å². The number of amides is 1. The molecule has 0 spiro atoms. The van der Waals surface area contributed by atoms with Gasteiger partial charge in [-0.1, -0.05) is 12.1 Å². The van der Waals surface area contributed by atoms with E-state index in [0.717, 1.165) is 22.4 Å². The van der Waals surface area contributed by atoms with Crippen molar-refractivity contribution in [3.63, 3.8) is 0 Å². The third kappa shape index (κ3) is 3.98. The molecule has 0 unspecified atom stereocenters. The number of aromatic nitrogens is 3. The second-order valence-corrected chi connectivity index (χ2v) is 6.82. The molecule has 2 N–H and O–H groups in total. The fraction of sp³-hybridized carbons (Fsp3) is 0.100. The number of nitrogens with one attached hydrogen (secondary N) is 2. The van der Waals surface area contributed by atoms with Crippen LogP contribution in [0.15, 0.2) is 65.6 Å². The molecule has 136 valence electrons.